The first-order valence-corrected chi connectivity index (χ1v) is 9.00. The number of hydrogen-bond acceptors (Lipinski definition) is 7. The molecule has 0 saturated carbocycles. The molecule has 11 heteroatoms. The minimum Gasteiger partial charge on any atom is -0.346 e. The van der Waals surface area contributed by atoms with Gasteiger partial charge in [0.1, 0.15) is 4.21 Å². The second kappa shape index (κ2) is 6.52. The number of nitrogens with zero attached hydrogens (tertiary/aromatic N) is 1. The van der Waals surface area contributed by atoms with E-state index in [1.807, 2.05) is 0 Å². The molecule has 0 atom stereocenters. The average molecular weight is 361 g/mol. The number of carbonyl (C=O) groups is 1. The molecule has 0 radical (unpaired) electrons. The molecule has 2 aromatic rings. The van der Waals surface area contributed by atoms with Crippen molar-refractivity contribution in [2.24, 2.45) is 0 Å². The Labute approximate surface area is 134 Å². The Balaban J connectivity index is 2.01. The zero-order valence-electron chi connectivity index (χ0n) is 11.2. The predicted molar refractivity (Wildman–Crippen MR) is 82.7 cm³/mol. The normalized spacial score (nSPS) is 11.3. The molecule has 2 N–H and O–H groups in total. The summed E-state index contributed by atoms with van der Waals surface area (Å²) in [6.07, 6.45) is 0. The van der Waals surface area contributed by atoms with Gasteiger partial charge in [0.15, 0.2) is 0 Å². The van der Waals surface area contributed by atoms with Crippen molar-refractivity contribution in [1.29, 1.82) is 0 Å². The summed E-state index contributed by atoms with van der Waals surface area (Å²) in [4.78, 5) is 22.8. The van der Waals surface area contributed by atoms with E-state index in [1.165, 1.54) is 25.2 Å². The number of hydrogen-bond donors (Lipinski definition) is 2. The van der Waals surface area contributed by atoms with E-state index in [4.69, 9.17) is 0 Å². The van der Waals surface area contributed by atoms with E-state index in [-0.39, 0.29) is 20.6 Å². The van der Waals surface area contributed by atoms with Gasteiger partial charge in [-0.2, -0.15) is 0 Å². The van der Waals surface area contributed by atoms with Gasteiger partial charge in [-0.1, -0.05) is 11.3 Å². The Bertz CT molecular complexity index is 809. The molecule has 0 aliphatic heterocycles. The number of nitrogens with one attached hydrogen (secondary N) is 2. The van der Waals surface area contributed by atoms with Gasteiger partial charge in [0.25, 0.3) is 5.91 Å². The first-order valence-electron chi connectivity index (χ1n) is 5.88. The van der Waals surface area contributed by atoms with Gasteiger partial charge in [-0.15, -0.1) is 11.3 Å². The highest BCUT2D eigenvalue weighted by Gasteiger charge is 2.17. The minimum atomic E-state index is -3.49. The van der Waals surface area contributed by atoms with E-state index < -0.39 is 20.9 Å². The number of sulfonamides is 1. The molecule has 0 saturated heterocycles. The summed E-state index contributed by atoms with van der Waals surface area (Å²) >= 11 is 1.83. The van der Waals surface area contributed by atoms with Gasteiger partial charge in [-0.05, 0) is 25.2 Å². The molecule has 1 amide bonds. The van der Waals surface area contributed by atoms with Crippen LogP contribution in [0.15, 0.2) is 28.5 Å². The lowest BCUT2D eigenvalue weighted by atomic mass is 10.4. The van der Waals surface area contributed by atoms with Gasteiger partial charge in [-0.25, -0.2) is 13.1 Å². The lowest BCUT2D eigenvalue weighted by Gasteiger charge is -2.00. The molecular formula is C11H11N3O5S3. The standard InChI is InChI=1S/C11H11N3O5S3/c1-12-22(18,19)10-5-2-7(20-10)6-13-11(15)8-3-4-9(21-8)14(16)17/h2-5,12H,6H2,1H3,(H,13,15). The maximum absolute atomic E-state index is 11.9. The maximum Gasteiger partial charge on any atom is 0.324 e. The monoisotopic (exact) mass is 361 g/mol. The molecule has 8 nitrogen and oxygen atoms in total. The predicted octanol–water partition coefficient (Wildman–Crippen LogP) is 1.56. The summed E-state index contributed by atoms with van der Waals surface area (Å²) in [6.45, 7) is 0.147. The third-order valence-corrected chi connectivity index (χ3v) is 6.62. The summed E-state index contributed by atoms with van der Waals surface area (Å²) in [7, 11) is -2.17. The minimum absolute atomic E-state index is 0.108. The Morgan fingerprint density at radius 1 is 1.27 bits per heavy atom. The van der Waals surface area contributed by atoms with Gasteiger partial charge in [0.05, 0.1) is 16.3 Å². The van der Waals surface area contributed by atoms with Crippen LogP contribution in [-0.2, 0) is 16.6 Å². The zero-order valence-corrected chi connectivity index (χ0v) is 13.7. The van der Waals surface area contributed by atoms with Crippen molar-refractivity contribution in [2.75, 3.05) is 7.05 Å². The van der Waals surface area contributed by atoms with Gasteiger partial charge in [0, 0.05) is 10.9 Å². The van der Waals surface area contributed by atoms with Crippen LogP contribution in [0.1, 0.15) is 14.5 Å². The highest BCUT2D eigenvalue weighted by Crippen LogP contribution is 2.24. The van der Waals surface area contributed by atoms with Crippen molar-refractivity contribution in [3.05, 3.63) is 44.1 Å². The number of thiophene rings is 2. The lowest BCUT2D eigenvalue weighted by molar-refractivity contribution is -0.380. The van der Waals surface area contributed by atoms with Crippen LogP contribution in [0.2, 0.25) is 0 Å². The van der Waals surface area contributed by atoms with Crippen molar-refractivity contribution in [1.82, 2.24) is 10.0 Å². The number of nitro groups is 1. The SMILES string of the molecule is CNS(=O)(=O)c1ccc(CNC(=O)c2ccc([N+](=O)[O-])s2)s1. The van der Waals surface area contributed by atoms with Crippen LogP contribution < -0.4 is 10.0 Å². The van der Waals surface area contributed by atoms with Crippen molar-refractivity contribution in [3.63, 3.8) is 0 Å². The Hall–Kier alpha value is -1.82. The van der Waals surface area contributed by atoms with Gasteiger partial charge in [-0.3, -0.25) is 14.9 Å². The molecule has 0 bridgehead atoms. The molecule has 0 unspecified atom stereocenters. The Morgan fingerprint density at radius 3 is 2.59 bits per heavy atom. The lowest BCUT2D eigenvalue weighted by Crippen LogP contribution is -2.21. The van der Waals surface area contributed by atoms with Gasteiger partial charge in [0.2, 0.25) is 10.0 Å². The fourth-order valence-corrected chi connectivity index (χ4v) is 4.37. The molecule has 2 heterocycles. The van der Waals surface area contributed by atoms with Crippen LogP contribution >= 0.6 is 22.7 Å². The van der Waals surface area contributed by atoms with E-state index in [0.717, 1.165) is 22.7 Å². The van der Waals surface area contributed by atoms with E-state index >= 15 is 0 Å². The maximum atomic E-state index is 11.9. The largest absolute Gasteiger partial charge is 0.346 e. The number of amides is 1. The zero-order chi connectivity index (χ0) is 16.3. The third-order valence-electron chi connectivity index (χ3n) is 2.59. The van der Waals surface area contributed by atoms with Crippen LogP contribution in [0.25, 0.3) is 0 Å². The highest BCUT2D eigenvalue weighted by molar-refractivity contribution is 7.91. The first-order chi connectivity index (χ1) is 10.3. The topological polar surface area (TPSA) is 118 Å². The smallest absolute Gasteiger partial charge is 0.324 e. The molecular weight excluding hydrogens is 350 g/mol. The summed E-state index contributed by atoms with van der Waals surface area (Å²) in [6, 6.07) is 5.70. The van der Waals surface area contributed by atoms with Crippen LogP contribution in [-0.4, -0.2) is 26.3 Å². The molecule has 2 rings (SSSR count). The quantitative estimate of drug-likeness (QED) is 0.598. The third kappa shape index (κ3) is 3.68. The Kier molecular flexibility index (Phi) is 4.90. The van der Waals surface area contributed by atoms with Gasteiger partial charge >= 0.3 is 5.00 Å². The molecule has 0 aliphatic rings. The van der Waals surface area contributed by atoms with E-state index in [0.29, 0.717) is 4.88 Å². The molecule has 22 heavy (non-hydrogen) atoms. The number of carbonyl (C=O) groups excluding carboxylic acids is 1. The van der Waals surface area contributed by atoms with Crippen molar-refractivity contribution < 1.29 is 18.1 Å². The Morgan fingerprint density at radius 2 is 2.00 bits per heavy atom. The fourth-order valence-electron chi connectivity index (χ4n) is 1.50. The van der Waals surface area contributed by atoms with Crippen LogP contribution in [0.5, 0.6) is 0 Å². The van der Waals surface area contributed by atoms with Crippen molar-refractivity contribution in [3.8, 4) is 0 Å². The summed E-state index contributed by atoms with van der Waals surface area (Å²) in [5.41, 5.74) is 0. The van der Waals surface area contributed by atoms with Gasteiger partial charge < -0.3 is 5.32 Å². The molecule has 2 aromatic heterocycles. The molecule has 0 aromatic carbocycles. The molecule has 0 spiro atoms. The second-order valence-electron chi connectivity index (χ2n) is 4.01. The summed E-state index contributed by atoms with van der Waals surface area (Å²) in [5.74, 6) is -0.440. The fraction of sp³-hybridized carbons (Fsp3) is 0.182. The van der Waals surface area contributed by atoms with Crippen molar-refractivity contribution >= 4 is 43.6 Å². The van der Waals surface area contributed by atoms with Crippen molar-refractivity contribution in [2.45, 2.75) is 10.8 Å². The van der Waals surface area contributed by atoms with Crippen LogP contribution in [0.3, 0.4) is 0 Å². The van der Waals surface area contributed by atoms with E-state index in [2.05, 4.69) is 10.0 Å². The van der Waals surface area contributed by atoms with E-state index in [9.17, 15) is 23.3 Å². The average Bonchev–Trinajstić information content (AvgIpc) is 3.14. The molecule has 0 fully saturated rings. The summed E-state index contributed by atoms with van der Waals surface area (Å²) < 4.78 is 25.5. The van der Waals surface area contributed by atoms with Crippen LogP contribution in [0.4, 0.5) is 5.00 Å². The second-order valence-corrected chi connectivity index (χ2v) is 8.35. The molecule has 0 aliphatic carbocycles. The molecule has 118 valence electrons. The first kappa shape index (κ1) is 16.5. The summed E-state index contributed by atoms with van der Waals surface area (Å²) in [5, 5.41) is 13.1. The van der Waals surface area contributed by atoms with E-state index in [1.54, 1.807) is 6.07 Å². The number of rotatable bonds is 6. The highest BCUT2D eigenvalue weighted by atomic mass is 32.2. The van der Waals surface area contributed by atoms with Crippen LogP contribution in [0, 0.1) is 10.1 Å².